The van der Waals surface area contributed by atoms with Crippen LogP contribution in [0, 0.1) is 13.8 Å². The molecule has 244 valence electrons. The minimum Gasteiger partial charge on any atom is -0.388 e. The molecule has 3 heterocycles. The van der Waals surface area contributed by atoms with E-state index in [1.54, 1.807) is 11.0 Å². The number of hydrogen-bond donors (Lipinski definition) is 7. The fourth-order valence-corrected chi connectivity index (χ4v) is 6.95. The van der Waals surface area contributed by atoms with E-state index in [-0.39, 0.29) is 17.9 Å². The lowest BCUT2D eigenvalue weighted by Gasteiger charge is -2.52. The van der Waals surface area contributed by atoms with Gasteiger partial charge in [0.25, 0.3) is 5.56 Å². The molecule has 45 heavy (non-hydrogen) atoms. The van der Waals surface area contributed by atoms with Gasteiger partial charge in [-0.3, -0.25) is 19.3 Å². The van der Waals surface area contributed by atoms with Gasteiger partial charge in [-0.05, 0) is 54.0 Å². The van der Waals surface area contributed by atoms with Crippen LogP contribution in [0.15, 0.2) is 46.0 Å². The minimum atomic E-state index is -4.97. The monoisotopic (exact) mass is 648 g/mol. The first-order valence-electron chi connectivity index (χ1n) is 14.5. The minimum absolute atomic E-state index is 0.0464. The van der Waals surface area contributed by atoms with E-state index >= 15 is 4.39 Å². The SMILES string of the molecule is Cc1cc2c3c(c1C)C(C)(C)C[C@@H]([C@@H](F)Cc1ccccc1)N3c1c([nH]c(=O)[nH]c1=O)N2C[C@H](O)[C@H](O)[C@H](O)COP(=O)(O)O. The number of benzene rings is 2. The van der Waals surface area contributed by atoms with Crippen molar-refractivity contribution in [2.45, 2.75) is 76.5 Å². The molecular formula is C30H38FN4O9P. The molecule has 7 N–H and O–H groups in total. The van der Waals surface area contributed by atoms with Gasteiger partial charge in [0.1, 0.15) is 36.0 Å². The van der Waals surface area contributed by atoms with Gasteiger partial charge in [0.05, 0.1) is 30.6 Å². The zero-order chi connectivity index (χ0) is 33.0. The maximum absolute atomic E-state index is 16.5. The van der Waals surface area contributed by atoms with Crippen molar-refractivity contribution in [3.63, 3.8) is 0 Å². The Balaban J connectivity index is 1.65. The number of phosphoric ester groups is 1. The van der Waals surface area contributed by atoms with Crippen molar-refractivity contribution in [3.05, 3.63) is 79.5 Å². The Hall–Kier alpha value is -3.36. The van der Waals surface area contributed by atoms with Crippen LogP contribution in [0.25, 0.3) is 0 Å². The highest BCUT2D eigenvalue weighted by atomic mass is 31.2. The topological polar surface area (TPSA) is 200 Å². The lowest BCUT2D eigenvalue weighted by atomic mass is 9.70. The van der Waals surface area contributed by atoms with Gasteiger partial charge in [0.2, 0.25) is 0 Å². The summed E-state index contributed by atoms with van der Waals surface area (Å²) in [5, 5.41) is 32.0. The van der Waals surface area contributed by atoms with E-state index < -0.39 is 68.2 Å². The van der Waals surface area contributed by atoms with Crippen LogP contribution in [0.4, 0.5) is 27.3 Å². The van der Waals surface area contributed by atoms with Crippen LogP contribution < -0.4 is 21.0 Å². The Morgan fingerprint density at radius 3 is 2.38 bits per heavy atom. The van der Waals surface area contributed by atoms with Gasteiger partial charge in [-0.2, -0.15) is 0 Å². The van der Waals surface area contributed by atoms with E-state index in [4.69, 9.17) is 9.79 Å². The molecule has 2 aliphatic heterocycles. The van der Waals surface area contributed by atoms with Gasteiger partial charge < -0.3 is 34.9 Å². The molecule has 1 aromatic heterocycles. The predicted molar refractivity (Wildman–Crippen MR) is 165 cm³/mol. The lowest BCUT2D eigenvalue weighted by molar-refractivity contribution is -0.0717. The summed E-state index contributed by atoms with van der Waals surface area (Å²) in [5.74, 6) is -0.0470. The zero-order valence-corrected chi connectivity index (χ0v) is 26.2. The summed E-state index contributed by atoms with van der Waals surface area (Å²) in [6, 6.07) is 10.1. The smallest absolute Gasteiger partial charge is 0.388 e. The number of H-pyrrole nitrogens is 2. The third kappa shape index (κ3) is 6.36. The molecule has 0 fully saturated rings. The van der Waals surface area contributed by atoms with Crippen LogP contribution >= 0.6 is 7.82 Å². The molecule has 0 radical (unpaired) electrons. The summed E-state index contributed by atoms with van der Waals surface area (Å²) >= 11 is 0. The third-order valence-corrected chi connectivity index (χ3v) is 9.22. The molecule has 2 aliphatic rings. The summed E-state index contributed by atoms with van der Waals surface area (Å²) < 4.78 is 31.9. The second-order valence-electron chi connectivity index (χ2n) is 12.4. The van der Waals surface area contributed by atoms with Crippen molar-refractivity contribution in [1.82, 2.24) is 9.97 Å². The van der Waals surface area contributed by atoms with Gasteiger partial charge >= 0.3 is 13.5 Å². The maximum atomic E-state index is 16.5. The van der Waals surface area contributed by atoms with Crippen molar-refractivity contribution in [2.24, 2.45) is 0 Å². The summed E-state index contributed by atoms with van der Waals surface area (Å²) in [5.41, 5.74) is 2.10. The molecule has 0 spiro atoms. The van der Waals surface area contributed by atoms with Crippen molar-refractivity contribution in [1.29, 1.82) is 0 Å². The number of aliphatic hydroxyl groups excluding tert-OH is 3. The number of fused-ring (bicyclic) bond motifs is 2. The number of nitrogens with one attached hydrogen (secondary N) is 2. The van der Waals surface area contributed by atoms with E-state index in [0.717, 1.165) is 22.3 Å². The Bertz CT molecular complexity index is 1740. The summed E-state index contributed by atoms with van der Waals surface area (Å²) in [6.45, 7) is 6.38. The molecular weight excluding hydrogens is 610 g/mol. The number of hydrogen-bond acceptors (Lipinski definition) is 9. The van der Waals surface area contributed by atoms with Gasteiger partial charge in [-0.15, -0.1) is 0 Å². The predicted octanol–water partition coefficient (Wildman–Crippen LogP) is 2.09. The highest BCUT2D eigenvalue weighted by molar-refractivity contribution is 7.46. The van der Waals surface area contributed by atoms with Gasteiger partial charge in [0.15, 0.2) is 0 Å². The molecule has 0 bridgehead atoms. The van der Waals surface area contributed by atoms with Crippen molar-refractivity contribution >= 4 is 30.7 Å². The van der Waals surface area contributed by atoms with Crippen LogP contribution in [-0.2, 0) is 20.9 Å². The number of halogens is 1. The number of aromatic amines is 2. The number of nitrogens with zero attached hydrogens (tertiary/aromatic N) is 2. The van der Waals surface area contributed by atoms with E-state index in [2.05, 4.69) is 14.5 Å². The number of phosphoric acid groups is 1. The fourth-order valence-electron chi connectivity index (χ4n) is 6.61. The fraction of sp³-hybridized carbons (Fsp3) is 0.467. The zero-order valence-electron chi connectivity index (χ0n) is 25.3. The normalized spacial score (nSPS) is 19.8. The third-order valence-electron chi connectivity index (χ3n) is 8.73. The van der Waals surface area contributed by atoms with Gasteiger partial charge in [0, 0.05) is 6.42 Å². The van der Waals surface area contributed by atoms with Crippen LogP contribution in [-0.4, -0.2) is 78.8 Å². The lowest BCUT2D eigenvalue weighted by Crippen LogP contribution is -2.54. The quantitative estimate of drug-likeness (QED) is 0.159. The molecule has 0 aliphatic carbocycles. The first-order chi connectivity index (χ1) is 21.0. The number of β-amino-alcohol motifs (C(OH)–C–C–N with tert-alkyl or cyclic N) is 1. The van der Waals surface area contributed by atoms with Gasteiger partial charge in [-0.1, -0.05) is 44.2 Å². The Kier molecular flexibility index (Phi) is 8.88. The number of alkyl halides is 1. The second kappa shape index (κ2) is 12.1. The molecule has 0 unspecified atom stereocenters. The van der Waals surface area contributed by atoms with E-state index in [0.29, 0.717) is 17.8 Å². The second-order valence-corrected chi connectivity index (χ2v) is 13.7. The maximum Gasteiger partial charge on any atom is 0.469 e. The molecule has 0 saturated carbocycles. The first kappa shape index (κ1) is 33.0. The summed E-state index contributed by atoms with van der Waals surface area (Å²) in [6.07, 6.45) is -6.62. The van der Waals surface area contributed by atoms with Gasteiger partial charge in [-0.25, -0.2) is 13.8 Å². The number of aryl methyl sites for hydroxylation is 1. The van der Waals surface area contributed by atoms with Crippen molar-refractivity contribution in [3.8, 4) is 0 Å². The number of aromatic nitrogens is 2. The Labute approximate surface area is 258 Å². The number of rotatable bonds is 10. The highest BCUT2D eigenvalue weighted by Crippen LogP contribution is 2.57. The van der Waals surface area contributed by atoms with Crippen LogP contribution in [0.3, 0.4) is 0 Å². The first-order valence-corrected chi connectivity index (χ1v) is 16.0. The Morgan fingerprint density at radius 1 is 1.07 bits per heavy atom. The Morgan fingerprint density at radius 2 is 1.73 bits per heavy atom. The molecule has 5 atom stereocenters. The number of aliphatic hydroxyl groups is 3. The molecule has 0 amide bonds. The van der Waals surface area contributed by atoms with Crippen LogP contribution in [0.1, 0.15) is 42.5 Å². The average Bonchev–Trinajstić information content (AvgIpc) is 2.95. The van der Waals surface area contributed by atoms with E-state index in [9.17, 15) is 29.5 Å². The van der Waals surface area contributed by atoms with Crippen molar-refractivity contribution < 1.29 is 38.6 Å². The van der Waals surface area contributed by atoms with E-state index in [1.165, 1.54) is 4.90 Å². The van der Waals surface area contributed by atoms with Crippen LogP contribution in [0.5, 0.6) is 0 Å². The standard InChI is InChI=1S/C30H38FN4O9P/c1-15-10-19-24-23(16(15)2)30(3,4)12-20(18(31)11-17-8-6-5-7-9-17)35(24)25-27(32-29(40)33-28(25)39)34(19)13-21(36)26(38)22(37)14-44-45(41,42)43/h5-10,18,20-22,26,36-38H,11-14H2,1-4H3,(H2,41,42,43)(H2,32,33,39,40)/t18-,20-,21-,22+,26-/m0/s1. The highest BCUT2D eigenvalue weighted by Gasteiger charge is 2.49. The molecule has 2 aromatic carbocycles. The largest absolute Gasteiger partial charge is 0.469 e. The molecule has 13 nitrogen and oxygen atoms in total. The van der Waals surface area contributed by atoms with E-state index in [1.807, 2.05) is 58.0 Å². The summed E-state index contributed by atoms with van der Waals surface area (Å²) in [4.78, 5) is 52.0. The molecule has 15 heteroatoms. The average molecular weight is 649 g/mol. The molecule has 0 saturated heterocycles. The number of anilines is 4. The van der Waals surface area contributed by atoms with Crippen molar-refractivity contribution in [2.75, 3.05) is 23.0 Å². The summed E-state index contributed by atoms with van der Waals surface area (Å²) in [7, 11) is -4.97. The molecule has 3 aromatic rings. The molecule has 5 rings (SSSR count). The van der Waals surface area contributed by atoms with Crippen LogP contribution in [0.2, 0.25) is 0 Å².